The van der Waals surface area contributed by atoms with Crippen LogP contribution in [0.1, 0.15) is 6.92 Å². The van der Waals surface area contributed by atoms with E-state index in [1.165, 1.54) is 0 Å². The first-order chi connectivity index (χ1) is 3.39. The van der Waals surface area contributed by atoms with Crippen molar-refractivity contribution in [1.82, 2.24) is 5.32 Å². The van der Waals surface area contributed by atoms with Crippen LogP contribution in [0.25, 0.3) is 0 Å². The van der Waals surface area contributed by atoms with Gasteiger partial charge < -0.3 is 10.1 Å². The Balaban J connectivity index is 2.32. The monoisotopic (exact) mass is 99.1 g/mol. The van der Waals surface area contributed by atoms with Crippen molar-refractivity contribution in [2.75, 3.05) is 6.54 Å². The molecule has 0 radical (unpaired) electrons. The first-order valence-corrected chi connectivity index (χ1v) is 2.43. The van der Waals surface area contributed by atoms with Gasteiger partial charge in [-0.15, -0.1) is 0 Å². The third-order valence-electron chi connectivity index (χ3n) is 0.902. The summed E-state index contributed by atoms with van der Waals surface area (Å²) in [4.78, 5) is 0. The van der Waals surface area contributed by atoms with Crippen LogP contribution in [-0.2, 0) is 4.74 Å². The lowest BCUT2D eigenvalue weighted by Gasteiger charge is -2.14. The molecule has 0 spiro atoms. The van der Waals surface area contributed by atoms with E-state index in [1.54, 1.807) is 12.5 Å². The predicted octanol–water partition coefficient (Wildman–Crippen LogP) is 0.466. The maximum Gasteiger partial charge on any atom is 0.112 e. The molecule has 1 rings (SSSR count). The summed E-state index contributed by atoms with van der Waals surface area (Å²) < 4.78 is 5.03. The summed E-state index contributed by atoms with van der Waals surface area (Å²) in [6, 6.07) is 0. The highest BCUT2D eigenvalue weighted by molar-refractivity contribution is 4.78. The average Bonchev–Trinajstić information content (AvgIpc) is 1.69. The number of ether oxygens (including phenoxy) is 1. The average molecular weight is 99.1 g/mol. The van der Waals surface area contributed by atoms with Gasteiger partial charge >= 0.3 is 0 Å². The summed E-state index contributed by atoms with van der Waals surface area (Å²) in [6.07, 6.45) is 3.82. The lowest BCUT2D eigenvalue weighted by Crippen LogP contribution is -2.25. The van der Waals surface area contributed by atoms with Crippen LogP contribution in [0.4, 0.5) is 0 Å². The van der Waals surface area contributed by atoms with Gasteiger partial charge in [-0.25, -0.2) is 0 Å². The number of nitrogens with one attached hydrogen (secondary N) is 1. The van der Waals surface area contributed by atoms with Crippen molar-refractivity contribution in [2.45, 2.75) is 13.0 Å². The highest BCUT2D eigenvalue weighted by Gasteiger charge is 1.99. The third-order valence-corrected chi connectivity index (χ3v) is 0.902. The Hall–Kier alpha value is -0.660. The molecule has 0 fully saturated rings. The molecule has 0 aromatic carbocycles. The van der Waals surface area contributed by atoms with Crippen LogP contribution in [0.15, 0.2) is 12.5 Å². The lowest BCUT2D eigenvalue weighted by molar-refractivity contribution is 0.148. The van der Waals surface area contributed by atoms with Gasteiger partial charge in [-0.05, 0) is 6.92 Å². The molecule has 0 aromatic heterocycles. The molecule has 0 saturated heterocycles. The minimum Gasteiger partial charge on any atom is -0.495 e. The SMILES string of the molecule is CC1CNC=CO1. The van der Waals surface area contributed by atoms with E-state index in [0.29, 0.717) is 6.10 Å². The molecule has 40 valence electrons. The van der Waals surface area contributed by atoms with Crippen LogP contribution < -0.4 is 5.32 Å². The predicted molar refractivity (Wildman–Crippen MR) is 27.7 cm³/mol. The summed E-state index contributed by atoms with van der Waals surface area (Å²) in [7, 11) is 0. The van der Waals surface area contributed by atoms with E-state index in [1.807, 2.05) is 6.92 Å². The highest BCUT2D eigenvalue weighted by Crippen LogP contribution is 1.92. The number of hydrogen-bond acceptors (Lipinski definition) is 2. The number of rotatable bonds is 0. The Morgan fingerprint density at radius 2 is 2.71 bits per heavy atom. The van der Waals surface area contributed by atoms with Gasteiger partial charge in [0.1, 0.15) is 6.10 Å². The van der Waals surface area contributed by atoms with Gasteiger partial charge in [-0.1, -0.05) is 0 Å². The van der Waals surface area contributed by atoms with Crippen molar-refractivity contribution in [3.63, 3.8) is 0 Å². The first kappa shape index (κ1) is 4.50. The van der Waals surface area contributed by atoms with Crippen molar-refractivity contribution < 1.29 is 4.74 Å². The van der Waals surface area contributed by atoms with Gasteiger partial charge in [-0.3, -0.25) is 0 Å². The second-order valence-corrected chi connectivity index (χ2v) is 1.66. The van der Waals surface area contributed by atoms with Crippen LogP contribution in [0.5, 0.6) is 0 Å². The zero-order chi connectivity index (χ0) is 5.11. The standard InChI is InChI=1S/C5H9NO/c1-5-4-6-2-3-7-5/h2-3,5-6H,4H2,1H3. The fourth-order valence-corrected chi connectivity index (χ4v) is 0.504. The van der Waals surface area contributed by atoms with E-state index in [2.05, 4.69) is 5.32 Å². The van der Waals surface area contributed by atoms with Crippen molar-refractivity contribution in [1.29, 1.82) is 0 Å². The maximum absolute atomic E-state index is 5.03. The summed E-state index contributed by atoms with van der Waals surface area (Å²) in [6.45, 7) is 2.95. The molecule has 1 N–H and O–H groups in total. The molecule has 0 amide bonds. The fourth-order valence-electron chi connectivity index (χ4n) is 0.504. The smallest absolute Gasteiger partial charge is 0.112 e. The van der Waals surface area contributed by atoms with Crippen molar-refractivity contribution in [2.24, 2.45) is 0 Å². The highest BCUT2D eigenvalue weighted by atomic mass is 16.5. The molecule has 1 aliphatic heterocycles. The normalized spacial score (nSPS) is 28.4. The molecule has 0 aromatic rings. The Morgan fingerprint density at radius 1 is 1.86 bits per heavy atom. The van der Waals surface area contributed by atoms with E-state index in [-0.39, 0.29) is 0 Å². The Kier molecular flexibility index (Phi) is 1.20. The zero-order valence-electron chi connectivity index (χ0n) is 4.35. The molecular weight excluding hydrogens is 90.1 g/mol. The Bertz CT molecular complexity index is 80.1. The van der Waals surface area contributed by atoms with Crippen LogP contribution in [0, 0.1) is 0 Å². The van der Waals surface area contributed by atoms with Gasteiger partial charge in [0.25, 0.3) is 0 Å². The van der Waals surface area contributed by atoms with Gasteiger partial charge in [0.05, 0.1) is 12.8 Å². The minimum atomic E-state index is 0.338. The maximum atomic E-state index is 5.03. The fraction of sp³-hybridized carbons (Fsp3) is 0.600. The summed E-state index contributed by atoms with van der Waals surface area (Å²) >= 11 is 0. The van der Waals surface area contributed by atoms with Crippen molar-refractivity contribution in [3.8, 4) is 0 Å². The number of hydrogen-bond donors (Lipinski definition) is 1. The topological polar surface area (TPSA) is 21.3 Å². The first-order valence-electron chi connectivity index (χ1n) is 2.43. The molecule has 2 heteroatoms. The summed E-state index contributed by atoms with van der Waals surface area (Å²) in [5.41, 5.74) is 0. The molecular formula is C5H9NO. The zero-order valence-corrected chi connectivity index (χ0v) is 4.35. The minimum absolute atomic E-state index is 0.338. The Morgan fingerprint density at radius 3 is 3.00 bits per heavy atom. The third kappa shape index (κ3) is 1.11. The van der Waals surface area contributed by atoms with Gasteiger partial charge in [0.15, 0.2) is 0 Å². The molecule has 1 heterocycles. The van der Waals surface area contributed by atoms with E-state index in [9.17, 15) is 0 Å². The van der Waals surface area contributed by atoms with Crippen LogP contribution in [0.2, 0.25) is 0 Å². The van der Waals surface area contributed by atoms with E-state index >= 15 is 0 Å². The summed E-state index contributed by atoms with van der Waals surface area (Å²) in [5, 5.41) is 3.03. The molecule has 1 aliphatic rings. The largest absolute Gasteiger partial charge is 0.495 e. The van der Waals surface area contributed by atoms with Crippen LogP contribution in [0.3, 0.4) is 0 Å². The molecule has 1 atom stereocenters. The van der Waals surface area contributed by atoms with Crippen LogP contribution in [-0.4, -0.2) is 12.6 Å². The lowest BCUT2D eigenvalue weighted by atomic mass is 10.4. The Labute approximate surface area is 43.2 Å². The van der Waals surface area contributed by atoms with Gasteiger partial charge in [-0.2, -0.15) is 0 Å². The molecule has 0 saturated carbocycles. The second-order valence-electron chi connectivity index (χ2n) is 1.66. The van der Waals surface area contributed by atoms with E-state index < -0.39 is 0 Å². The molecule has 0 aliphatic carbocycles. The van der Waals surface area contributed by atoms with E-state index in [4.69, 9.17) is 4.74 Å². The summed E-state index contributed by atoms with van der Waals surface area (Å²) in [5.74, 6) is 0. The van der Waals surface area contributed by atoms with Gasteiger partial charge in [0, 0.05) is 6.20 Å². The molecule has 7 heavy (non-hydrogen) atoms. The quantitative estimate of drug-likeness (QED) is 0.476. The van der Waals surface area contributed by atoms with Crippen molar-refractivity contribution in [3.05, 3.63) is 12.5 Å². The van der Waals surface area contributed by atoms with Crippen molar-refractivity contribution >= 4 is 0 Å². The second kappa shape index (κ2) is 1.87. The van der Waals surface area contributed by atoms with E-state index in [0.717, 1.165) is 6.54 Å². The van der Waals surface area contributed by atoms with Gasteiger partial charge in [0.2, 0.25) is 0 Å². The molecule has 1 unspecified atom stereocenters. The van der Waals surface area contributed by atoms with Crippen LogP contribution >= 0.6 is 0 Å². The molecule has 2 nitrogen and oxygen atoms in total. The molecule has 0 bridgehead atoms.